The number of Topliss-reactive ketones (excluding diaryl/α,β-unsaturated/α-hetero) is 2. The van der Waals surface area contributed by atoms with Crippen LogP contribution in [-0.2, 0) is 11.3 Å². The molecule has 1 N–H and O–H groups in total. The van der Waals surface area contributed by atoms with E-state index in [-0.39, 0.29) is 35.1 Å². The van der Waals surface area contributed by atoms with Gasteiger partial charge in [-0.15, -0.1) is 0 Å². The van der Waals surface area contributed by atoms with Crippen LogP contribution >= 0.6 is 0 Å². The summed E-state index contributed by atoms with van der Waals surface area (Å²) in [5.41, 5.74) is 3.84. The molecule has 6 nitrogen and oxygen atoms in total. The van der Waals surface area contributed by atoms with E-state index in [0.29, 0.717) is 17.7 Å². The Bertz CT molecular complexity index is 1350. The molecule has 0 bridgehead atoms. The van der Waals surface area contributed by atoms with Crippen LogP contribution in [0.2, 0.25) is 0 Å². The second-order valence-corrected chi connectivity index (χ2v) is 9.00. The fourth-order valence-corrected chi connectivity index (χ4v) is 5.35. The zero-order chi connectivity index (χ0) is 23.4. The molecule has 2 aliphatic carbocycles. The van der Waals surface area contributed by atoms with Crippen LogP contribution < -0.4 is 10.4 Å². The minimum Gasteiger partial charge on any atom is -0.545 e. The Morgan fingerprint density at radius 1 is 0.912 bits per heavy atom. The molecular formula is C28H21N2O4-. The average Bonchev–Trinajstić information content (AvgIpc) is 2.86. The topological polar surface area (TPSA) is 89.5 Å². The third-order valence-corrected chi connectivity index (χ3v) is 7.05. The van der Waals surface area contributed by atoms with Crippen molar-refractivity contribution in [3.63, 3.8) is 0 Å². The quantitative estimate of drug-likeness (QED) is 0.775. The van der Waals surface area contributed by atoms with Gasteiger partial charge in [0.1, 0.15) is 0 Å². The molecule has 2 heterocycles. The highest BCUT2D eigenvalue weighted by molar-refractivity contribution is 6.09. The number of nitrogens with zero attached hydrogens (tertiary/aromatic N) is 1. The molecule has 1 fully saturated rings. The highest BCUT2D eigenvalue weighted by atomic mass is 16.4. The van der Waals surface area contributed by atoms with Crippen LogP contribution in [0, 0.1) is 11.8 Å². The average molecular weight is 449 g/mol. The SMILES string of the molecule is O=C([O-])c1ccc(CN2C3=CC4C(=O)c5ccccc5NC4C=C3C(=O)C3C=CC=CC32)cc1. The van der Waals surface area contributed by atoms with Gasteiger partial charge in [-0.1, -0.05) is 60.7 Å². The predicted molar refractivity (Wildman–Crippen MR) is 125 cm³/mol. The van der Waals surface area contributed by atoms with Crippen molar-refractivity contribution >= 4 is 23.2 Å². The van der Waals surface area contributed by atoms with E-state index in [0.717, 1.165) is 16.9 Å². The minimum absolute atomic E-state index is 0.0362. The number of hydrogen-bond donors (Lipinski definition) is 1. The van der Waals surface area contributed by atoms with E-state index in [1.54, 1.807) is 12.1 Å². The lowest BCUT2D eigenvalue weighted by Crippen LogP contribution is -2.51. The lowest BCUT2D eigenvalue weighted by atomic mass is 9.74. The Balaban J connectivity index is 1.42. The van der Waals surface area contributed by atoms with E-state index in [2.05, 4.69) is 10.2 Å². The van der Waals surface area contributed by atoms with Crippen molar-refractivity contribution in [2.75, 3.05) is 5.32 Å². The van der Waals surface area contributed by atoms with Crippen LogP contribution in [-0.4, -0.2) is 34.5 Å². The van der Waals surface area contributed by atoms with Crippen molar-refractivity contribution in [1.29, 1.82) is 0 Å². The van der Waals surface area contributed by atoms with Crippen molar-refractivity contribution in [2.24, 2.45) is 11.8 Å². The largest absolute Gasteiger partial charge is 0.545 e. The van der Waals surface area contributed by atoms with E-state index in [4.69, 9.17) is 0 Å². The van der Waals surface area contributed by atoms with Crippen molar-refractivity contribution < 1.29 is 19.5 Å². The molecule has 0 amide bonds. The number of ketones is 2. The number of carboxylic acids is 1. The summed E-state index contributed by atoms with van der Waals surface area (Å²) in [6, 6.07) is 13.6. The zero-order valence-electron chi connectivity index (χ0n) is 18.2. The summed E-state index contributed by atoms with van der Waals surface area (Å²) < 4.78 is 0. The second-order valence-electron chi connectivity index (χ2n) is 9.00. The van der Waals surface area contributed by atoms with Gasteiger partial charge in [-0.25, -0.2) is 0 Å². The van der Waals surface area contributed by atoms with Crippen LogP contribution in [0.25, 0.3) is 0 Å². The van der Waals surface area contributed by atoms with Gasteiger partial charge in [-0.2, -0.15) is 0 Å². The molecule has 6 heteroatoms. The number of hydrogen-bond acceptors (Lipinski definition) is 6. The van der Waals surface area contributed by atoms with Gasteiger partial charge in [-0.05, 0) is 35.4 Å². The van der Waals surface area contributed by atoms with Crippen molar-refractivity contribution in [3.05, 3.63) is 113 Å². The molecule has 0 saturated carbocycles. The monoisotopic (exact) mass is 449 g/mol. The van der Waals surface area contributed by atoms with Crippen molar-refractivity contribution in [2.45, 2.75) is 18.6 Å². The number of carboxylic acid groups (broad SMARTS) is 1. The number of aromatic carboxylic acids is 1. The number of carbonyl (C=O) groups excluding carboxylic acids is 3. The molecule has 2 aromatic rings. The number of nitrogens with one attached hydrogen (secondary N) is 1. The summed E-state index contributed by atoms with van der Waals surface area (Å²) in [5.74, 6) is -1.87. The molecule has 6 rings (SSSR count). The second kappa shape index (κ2) is 7.70. The van der Waals surface area contributed by atoms with Gasteiger partial charge in [0.05, 0.1) is 29.9 Å². The van der Waals surface area contributed by atoms with E-state index in [9.17, 15) is 19.5 Å². The number of piperidine rings is 1. The first kappa shape index (κ1) is 20.4. The van der Waals surface area contributed by atoms with Gasteiger partial charge < -0.3 is 20.1 Å². The number of benzene rings is 2. The molecule has 2 aliphatic heterocycles. The number of anilines is 1. The van der Waals surface area contributed by atoms with E-state index in [1.165, 1.54) is 12.1 Å². The highest BCUT2D eigenvalue weighted by Crippen LogP contribution is 2.42. The summed E-state index contributed by atoms with van der Waals surface area (Å²) in [7, 11) is 0. The van der Waals surface area contributed by atoms with Crippen LogP contribution in [0.15, 0.2) is 96.3 Å². The zero-order valence-corrected chi connectivity index (χ0v) is 18.2. The Labute approximate surface area is 196 Å². The molecule has 0 spiro atoms. The minimum atomic E-state index is -1.22. The van der Waals surface area contributed by atoms with Gasteiger partial charge >= 0.3 is 0 Å². The number of likely N-dealkylation sites (tertiary alicyclic amines) is 1. The number of para-hydroxylation sites is 1. The normalized spacial score (nSPS) is 26.4. The molecule has 2 aromatic carbocycles. The van der Waals surface area contributed by atoms with Crippen molar-refractivity contribution in [1.82, 2.24) is 4.90 Å². The van der Waals surface area contributed by atoms with E-state index in [1.807, 2.05) is 60.7 Å². The van der Waals surface area contributed by atoms with Gasteiger partial charge in [0.25, 0.3) is 0 Å². The smallest absolute Gasteiger partial charge is 0.174 e. The predicted octanol–water partition coefficient (Wildman–Crippen LogP) is 2.66. The first-order valence-electron chi connectivity index (χ1n) is 11.3. The summed E-state index contributed by atoms with van der Waals surface area (Å²) in [6.07, 6.45) is 11.6. The Kier molecular flexibility index (Phi) is 4.62. The molecule has 4 aliphatic rings. The molecule has 34 heavy (non-hydrogen) atoms. The lowest BCUT2D eigenvalue weighted by Gasteiger charge is -2.46. The Morgan fingerprint density at radius 3 is 2.47 bits per heavy atom. The number of rotatable bonds is 3. The number of fused-ring (bicyclic) bond motifs is 4. The fraction of sp³-hybridized carbons (Fsp3) is 0.179. The molecule has 4 unspecified atom stereocenters. The Hall–Kier alpha value is -4.19. The van der Waals surface area contributed by atoms with E-state index >= 15 is 0 Å². The molecule has 0 radical (unpaired) electrons. The lowest BCUT2D eigenvalue weighted by molar-refractivity contribution is -0.255. The molecule has 168 valence electrons. The van der Waals surface area contributed by atoms with Gasteiger partial charge in [-0.3, -0.25) is 9.59 Å². The molecular weight excluding hydrogens is 428 g/mol. The summed E-state index contributed by atoms with van der Waals surface area (Å²) >= 11 is 0. The molecule has 4 atom stereocenters. The van der Waals surface area contributed by atoms with Crippen molar-refractivity contribution in [3.8, 4) is 0 Å². The third kappa shape index (κ3) is 3.14. The van der Waals surface area contributed by atoms with Crippen LogP contribution in [0.4, 0.5) is 5.69 Å². The summed E-state index contributed by atoms with van der Waals surface area (Å²) in [5, 5.41) is 14.6. The maximum absolute atomic E-state index is 13.5. The first-order valence-corrected chi connectivity index (χ1v) is 11.3. The summed E-state index contributed by atoms with van der Waals surface area (Å²) in [6.45, 7) is 0.471. The first-order chi connectivity index (χ1) is 16.5. The summed E-state index contributed by atoms with van der Waals surface area (Å²) in [4.78, 5) is 40.1. The fourth-order valence-electron chi connectivity index (χ4n) is 5.35. The van der Waals surface area contributed by atoms with Crippen LogP contribution in [0.1, 0.15) is 26.3 Å². The van der Waals surface area contributed by atoms with Crippen LogP contribution in [0.3, 0.4) is 0 Å². The highest BCUT2D eigenvalue weighted by Gasteiger charge is 2.45. The molecule has 1 saturated heterocycles. The van der Waals surface area contributed by atoms with Gasteiger partial charge in [0, 0.05) is 29.1 Å². The van der Waals surface area contributed by atoms with E-state index < -0.39 is 11.9 Å². The van der Waals surface area contributed by atoms with Gasteiger partial charge in [0.2, 0.25) is 0 Å². The number of carbonyl (C=O) groups is 3. The number of allylic oxidation sites excluding steroid dienone is 3. The maximum atomic E-state index is 13.5. The standard InChI is InChI=1S/C28H22N2O4/c31-26-18-5-1-3-7-22(18)29-23-13-21-25(14-20(23)26)30(24-8-4-2-6-19(24)27(21)32)15-16-9-11-17(12-10-16)28(33)34/h1-14,19-20,23-24,29H,15H2,(H,33,34)/p-1. The van der Waals surface area contributed by atoms with Crippen LogP contribution in [0.5, 0.6) is 0 Å². The Morgan fingerprint density at radius 2 is 1.68 bits per heavy atom. The molecule has 0 aromatic heterocycles. The maximum Gasteiger partial charge on any atom is 0.174 e. The van der Waals surface area contributed by atoms with Gasteiger partial charge in [0.15, 0.2) is 11.6 Å². The third-order valence-electron chi connectivity index (χ3n) is 7.05.